The Kier molecular flexibility index (Phi) is 6.36. The van der Waals surface area contributed by atoms with E-state index in [9.17, 15) is 4.79 Å². The summed E-state index contributed by atoms with van der Waals surface area (Å²) in [5.74, 6) is 0.139. The van der Waals surface area contributed by atoms with E-state index in [0.717, 1.165) is 19.3 Å². The van der Waals surface area contributed by atoms with Crippen molar-refractivity contribution in [2.45, 2.75) is 52.5 Å². The number of carbonyl (C=O) groups excluding carboxylic acids is 1. The van der Waals surface area contributed by atoms with Crippen molar-refractivity contribution in [1.29, 1.82) is 0 Å². The zero-order valence-electron chi connectivity index (χ0n) is 11.6. The molecule has 0 fully saturated rings. The molecule has 0 saturated heterocycles. The summed E-state index contributed by atoms with van der Waals surface area (Å²) in [6, 6.07) is 2.38. The molecule has 0 aliphatic rings. The van der Waals surface area contributed by atoms with Gasteiger partial charge < -0.3 is 11.1 Å². The lowest BCUT2D eigenvalue weighted by Crippen LogP contribution is -2.28. The lowest BCUT2D eigenvalue weighted by molar-refractivity contribution is -0.121. The minimum atomic E-state index is 0.139. The smallest absolute Gasteiger partial charge is 0.220 e. The summed E-state index contributed by atoms with van der Waals surface area (Å²) in [7, 11) is 0. The maximum atomic E-state index is 11.6. The van der Waals surface area contributed by atoms with Crippen molar-refractivity contribution < 1.29 is 4.79 Å². The summed E-state index contributed by atoms with van der Waals surface area (Å²) >= 11 is 1.83. The first kappa shape index (κ1) is 15.2. The summed E-state index contributed by atoms with van der Waals surface area (Å²) in [6.07, 6.45) is 3.36. The molecule has 1 atom stereocenters. The first-order chi connectivity index (χ1) is 8.49. The summed E-state index contributed by atoms with van der Waals surface area (Å²) in [4.78, 5) is 14.3. The minimum absolute atomic E-state index is 0.139. The van der Waals surface area contributed by atoms with Gasteiger partial charge >= 0.3 is 0 Å². The number of thiophene rings is 1. The van der Waals surface area contributed by atoms with Crippen LogP contribution in [0.1, 0.15) is 41.5 Å². The van der Waals surface area contributed by atoms with Gasteiger partial charge in [-0.15, -0.1) is 11.3 Å². The zero-order chi connectivity index (χ0) is 13.5. The van der Waals surface area contributed by atoms with E-state index in [1.807, 2.05) is 18.3 Å². The number of amides is 1. The van der Waals surface area contributed by atoms with Crippen LogP contribution in [-0.2, 0) is 11.2 Å². The van der Waals surface area contributed by atoms with E-state index in [4.69, 9.17) is 5.73 Å². The Morgan fingerprint density at radius 2 is 2.22 bits per heavy atom. The van der Waals surface area contributed by atoms with Crippen LogP contribution in [0, 0.1) is 13.8 Å². The quantitative estimate of drug-likeness (QED) is 0.798. The molecule has 1 heterocycles. The van der Waals surface area contributed by atoms with Crippen LogP contribution in [0.4, 0.5) is 0 Å². The standard InChI is InChI=1S/C14H24N2OS/c1-10(15)7-8-16-14(17)6-4-5-13-9-11(2)18-12(13)3/h9-10H,4-8,15H2,1-3H3,(H,16,17). The maximum absolute atomic E-state index is 11.6. The third-order valence-corrected chi connectivity index (χ3v) is 3.92. The maximum Gasteiger partial charge on any atom is 0.220 e. The molecule has 1 aromatic rings. The molecule has 0 aromatic carbocycles. The highest BCUT2D eigenvalue weighted by Gasteiger charge is 2.05. The van der Waals surface area contributed by atoms with Gasteiger partial charge in [-0.1, -0.05) is 0 Å². The fourth-order valence-electron chi connectivity index (χ4n) is 1.90. The van der Waals surface area contributed by atoms with Crippen LogP contribution in [0.5, 0.6) is 0 Å². The average Bonchev–Trinajstić information content (AvgIpc) is 2.57. The Morgan fingerprint density at radius 3 is 2.78 bits per heavy atom. The Balaban J connectivity index is 2.17. The Bertz CT molecular complexity index is 385. The molecular weight excluding hydrogens is 244 g/mol. The van der Waals surface area contributed by atoms with E-state index < -0.39 is 0 Å². The molecule has 0 bridgehead atoms. The second kappa shape index (κ2) is 7.54. The Morgan fingerprint density at radius 1 is 1.50 bits per heavy atom. The number of rotatable bonds is 7. The Hall–Kier alpha value is -0.870. The van der Waals surface area contributed by atoms with Gasteiger partial charge in [0, 0.05) is 28.8 Å². The third kappa shape index (κ3) is 5.65. The van der Waals surface area contributed by atoms with Gasteiger partial charge in [-0.2, -0.15) is 0 Å². The zero-order valence-corrected chi connectivity index (χ0v) is 12.4. The van der Waals surface area contributed by atoms with E-state index in [-0.39, 0.29) is 11.9 Å². The van der Waals surface area contributed by atoms with Crippen LogP contribution in [-0.4, -0.2) is 18.5 Å². The van der Waals surface area contributed by atoms with Crippen LogP contribution in [0.3, 0.4) is 0 Å². The first-order valence-electron chi connectivity index (χ1n) is 6.57. The van der Waals surface area contributed by atoms with Crippen molar-refractivity contribution in [2.24, 2.45) is 5.73 Å². The van der Waals surface area contributed by atoms with Crippen molar-refractivity contribution in [2.75, 3.05) is 6.54 Å². The molecule has 18 heavy (non-hydrogen) atoms. The molecule has 4 heteroatoms. The molecule has 102 valence electrons. The van der Waals surface area contributed by atoms with E-state index >= 15 is 0 Å². The highest BCUT2D eigenvalue weighted by molar-refractivity contribution is 7.12. The monoisotopic (exact) mass is 268 g/mol. The second-order valence-corrected chi connectivity index (χ2v) is 6.37. The van der Waals surface area contributed by atoms with Gasteiger partial charge in [-0.05, 0) is 51.7 Å². The fourth-order valence-corrected chi connectivity index (χ4v) is 2.87. The molecular formula is C14H24N2OS. The average molecular weight is 268 g/mol. The van der Waals surface area contributed by atoms with Gasteiger partial charge in [-0.3, -0.25) is 4.79 Å². The predicted octanol–water partition coefficient (Wildman–Crippen LogP) is 2.54. The molecule has 1 amide bonds. The highest BCUT2D eigenvalue weighted by Crippen LogP contribution is 2.22. The topological polar surface area (TPSA) is 55.1 Å². The second-order valence-electron chi connectivity index (χ2n) is 4.91. The van der Waals surface area contributed by atoms with Crippen molar-refractivity contribution in [3.05, 3.63) is 21.4 Å². The first-order valence-corrected chi connectivity index (χ1v) is 7.39. The van der Waals surface area contributed by atoms with Crippen molar-refractivity contribution in [3.63, 3.8) is 0 Å². The van der Waals surface area contributed by atoms with Crippen LogP contribution in [0.15, 0.2) is 6.07 Å². The molecule has 0 radical (unpaired) electrons. The van der Waals surface area contributed by atoms with Crippen LogP contribution >= 0.6 is 11.3 Å². The summed E-state index contributed by atoms with van der Waals surface area (Å²) < 4.78 is 0. The highest BCUT2D eigenvalue weighted by atomic mass is 32.1. The fraction of sp³-hybridized carbons (Fsp3) is 0.643. The van der Waals surface area contributed by atoms with Crippen molar-refractivity contribution >= 4 is 17.2 Å². The van der Waals surface area contributed by atoms with Gasteiger partial charge in [0.2, 0.25) is 5.91 Å². The molecule has 1 unspecified atom stereocenters. The number of aryl methyl sites for hydroxylation is 3. The lowest BCUT2D eigenvalue weighted by atomic mass is 10.1. The molecule has 3 N–H and O–H groups in total. The molecule has 3 nitrogen and oxygen atoms in total. The number of hydrogen-bond acceptors (Lipinski definition) is 3. The normalized spacial score (nSPS) is 12.4. The minimum Gasteiger partial charge on any atom is -0.356 e. The number of hydrogen-bond donors (Lipinski definition) is 2. The van der Waals surface area contributed by atoms with Gasteiger partial charge in [0.1, 0.15) is 0 Å². The third-order valence-electron chi connectivity index (χ3n) is 2.92. The van der Waals surface area contributed by atoms with E-state index in [2.05, 4.69) is 25.2 Å². The molecule has 0 aliphatic heterocycles. The number of nitrogens with one attached hydrogen (secondary N) is 1. The summed E-state index contributed by atoms with van der Waals surface area (Å²) in [6.45, 7) is 6.92. The van der Waals surface area contributed by atoms with Gasteiger partial charge in [0.05, 0.1) is 0 Å². The van der Waals surface area contributed by atoms with Crippen LogP contribution in [0.2, 0.25) is 0 Å². The van der Waals surface area contributed by atoms with E-state index in [1.54, 1.807) is 0 Å². The van der Waals surface area contributed by atoms with E-state index in [0.29, 0.717) is 13.0 Å². The summed E-state index contributed by atoms with van der Waals surface area (Å²) in [5, 5.41) is 2.90. The lowest BCUT2D eigenvalue weighted by Gasteiger charge is -2.07. The van der Waals surface area contributed by atoms with Crippen LogP contribution < -0.4 is 11.1 Å². The molecule has 1 aromatic heterocycles. The largest absolute Gasteiger partial charge is 0.356 e. The number of nitrogens with two attached hydrogens (primary N) is 1. The van der Waals surface area contributed by atoms with E-state index in [1.165, 1.54) is 15.3 Å². The molecule has 0 spiro atoms. The molecule has 0 saturated carbocycles. The SMILES string of the molecule is Cc1cc(CCCC(=O)NCCC(C)N)c(C)s1. The predicted molar refractivity (Wildman–Crippen MR) is 78.0 cm³/mol. The Labute approximate surface area is 114 Å². The van der Waals surface area contributed by atoms with Crippen LogP contribution in [0.25, 0.3) is 0 Å². The van der Waals surface area contributed by atoms with Crippen molar-refractivity contribution in [3.8, 4) is 0 Å². The van der Waals surface area contributed by atoms with Gasteiger partial charge in [-0.25, -0.2) is 0 Å². The molecule has 1 rings (SSSR count). The van der Waals surface area contributed by atoms with Gasteiger partial charge in [0.15, 0.2) is 0 Å². The summed E-state index contributed by atoms with van der Waals surface area (Å²) in [5.41, 5.74) is 7.01. The number of carbonyl (C=O) groups is 1. The molecule has 0 aliphatic carbocycles. The van der Waals surface area contributed by atoms with Gasteiger partial charge in [0.25, 0.3) is 0 Å². The van der Waals surface area contributed by atoms with Crippen molar-refractivity contribution in [1.82, 2.24) is 5.32 Å².